The van der Waals surface area contributed by atoms with Crippen LogP contribution >= 0.6 is 0 Å². The number of halogens is 2. The van der Waals surface area contributed by atoms with Gasteiger partial charge in [0.05, 0.1) is 6.10 Å². The van der Waals surface area contributed by atoms with Crippen LogP contribution in [-0.2, 0) is 14.8 Å². The van der Waals surface area contributed by atoms with Gasteiger partial charge in [0.2, 0.25) is 10.0 Å². The summed E-state index contributed by atoms with van der Waals surface area (Å²) in [7, 11) is -4.15. The fourth-order valence-corrected chi connectivity index (χ4v) is 3.33. The molecular weight excluding hydrogens is 290 g/mol. The number of hydrogen-bond donors (Lipinski definition) is 2. The highest BCUT2D eigenvalue weighted by Gasteiger charge is 2.28. The Morgan fingerprint density at radius 1 is 1.45 bits per heavy atom. The molecule has 2 rings (SSSR count). The van der Waals surface area contributed by atoms with Gasteiger partial charge in [-0.3, -0.25) is 0 Å². The first-order valence-corrected chi connectivity index (χ1v) is 7.65. The Labute approximate surface area is 116 Å². The molecule has 0 aromatic heterocycles. The van der Waals surface area contributed by atoms with Gasteiger partial charge in [0.1, 0.15) is 4.90 Å². The van der Waals surface area contributed by atoms with E-state index in [4.69, 9.17) is 10.5 Å². The van der Waals surface area contributed by atoms with Crippen molar-refractivity contribution >= 4 is 15.7 Å². The van der Waals surface area contributed by atoms with Crippen molar-refractivity contribution in [3.63, 3.8) is 0 Å². The first-order chi connectivity index (χ1) is 9.31. The van der Waals surface area contributed by atoms with E-state index in [2.05, 4.69) is 4.72 Å². The number of nitrogens with one attached hydrogen (secondary N) is 1. The molecule has 1 saturated heterocycles. The van der Waals surface area contributed by atoms with Gasteiger partial charge in [-0.2, -0.15) is 0 Å². The van der Waals surface area contributed by atoms with Crippen LogP contribution in [-0.4, -0.2) is 27.7 Å². The van der Waals surface area contributed by atoms with E-state index in [0.717, 1.165) is 18.6 Å². The molecule has 0 amide bonds. The Bertz CT molecular complexity index is 607. The van der Waals surface area contributed by atoms with E-state index in [1.165, 1.54) is 0 Å². The molecule has 1 heterocycles. The van der Waals surface area contributed by atoms with E-state index >= 15 is 0 Å². The van der Waals surface area contributed by atoms with Crippen LogP contribution in [0.2, 0.25) is 0 Å². The van der Waals surface area contributed by atoms with Crippen LogP contribution in [0.1, 0.15) is 13.3 Å². The highest BCUT2D eigenvalue weighted by Crippen LogP contribution is 2.23. The van der Waals surface area contributed by atoms with Gasteiger partial charge in [-0.15, -0.1) is 0 Å². The van der Waals surface area contributed by atoms with E-state index in [1.54, 1.807) is 0 Å². The SMILES string of the molecule is CC1OCCC1CNS(=O)(=O)c1cc(N)cc(F)c1F. The third kappa shape index (κ3) is 3.08. The maximum atomic E-state index is 13.6. The highest BCUT2D eigenvalue weighted by molar-refractivity contribution is 7.89. The quantitative estimate of drug-likeness (QED) is 0.820. The lowest BCUT2D eigenvalue weighted by Crippen LogP contribution is -2.32. The molecule has 1 aliphatic rings. The minimum absolute atomic E-state index is 0.0127. The van der Waals surface area contributed by atoms with Crippen molar-refractivity contribution in [1.29, 1.82) is 0 Å². The Hall–Kier alpha value is -1.25. The summed E-state index contributed by atoms with van der Waals surface area (Å²) in [6.07, 6.45) is 0.650. The van der Waals surface area contributed by atoms with Gasteiger partial charge in [0.15, 0.2) is 11.6 Å². The summed E-state index contributed by atoms with van der Waals surface area (Å²) in [5, 5.41) is 0. The molecule has 0 radical (unpaired) electrons. The first kappa shape index (κ1) is 15.1. The summed E-state index contributed by atoms with van der Waals surface area (Å²) in [4.78, 5) is -0.776. The Morgan fingerprint density at radius 3 is 2.75 bits per heavy atom. The fourth-order valence-electron chi connectivity index (χ4n) is 2.12. The number of benzene rings is 1. The van der Waals surface area contributed by atoms with Crippen LogP contribution in [0.4, 0.5) is 14.5 Å². The zero-order chi connectivity index (χ0) is 14.9. The molecule has 2 atom stereocenters. The number of rotatable bonds is 4. The van der Waals surface area contributed by atoms with Crippen LogP contribution in [0.25, 0.3) is 0 Å². The Balaban J connectivity index is 2.18. The van der Waals surface area contributed by atoms with Gasteiger partial charge in [-0.1, -0.05) is 0 Å². The Kier molecular flexibility index (Phi) is 4.26. The average molecular weight is 306 g/mol. The fraction of sp³-hybridized carbons (Fsp3) is 0.500. The largest absolute Gasteiger partial charge is 0.399 e. The normalized spacial score (nSPS) is 23.1. The minimum atomic E-state index is -4.15. The molecule has 0 saturated carbocycles. The minimum Gasteiger partial charge on any atom is -0.399 e. The molecule has 112 valence electrons. The lowest BCUT2D eigenvalue weighted by Gasteiger charge is -2.15. The van der Waals surface area contributed by atoms with E-state index < -0.39 is 26.6 Å². The van der Waals surface area contributed by atoms with E-state index in [1.807, 2.05) is 6.92 Å². The summed E-state index contributed by atoms with van der Waals surface area (Å²) >= 11 is 0. The van der Waals surface area contributed by atoms with Crippen molar-refractivity contribution < 1.29 is 21.9 Å². The van der Waals surface area contributed by atoms with Crippen LogP contribution in [0.15, 0.2) is 17.0 Å². The molecule has 1 aromatic rings. The van der Waals surface area contributed by atoms with E-state index in [0.29, 0.717) is 6.61 Å². The van der Waals surface area contributed by atoms with Crippen molar-refractivity contribution in [2.24, 2.45) is 5.92 Å². The number of sulfonamides is 1. The molecular formula is C12H16F2N2O3S. The summed E-state index contributed by atoms with van der Waals surface area (Å²) in [5.74, 6) is -2.70. The third-order valence-corrected chi connectivity index (χ3v) is 4.80. The van der Waals surface area contributed by atoms with Crippen molar-refractivity contribution in [2.75, 3.05) is 18.9 Å². The number of ether oxygens (including phenoxy) is 1. The monoisotopic (exact) mass is 306 g/mol. The highest BCUT2D eigenvalue weighted by atomic mass is 32.2. The number of nitrogen functional groups attached to an aromatic ring is 1. The van der Waals surface area contributed by atoms with Crippen LogP contribution in [0.3, 0.4) is 0 Å². The predicted molar refractivity (Wildman–Crippen MR) is 69.5 cm³/mol. The molecule has 1 aliphatic heterocycles. The average Bonchev–Trinajstić information content (AvgIpc) is 2.77. The second-order valence-electron chi connectivity index (χ2n) is 4.79. The molecule has 1 aromatic carbocycles. The standard InChI is InChI=1S/C12H16F2N2O3S/c1-7-8(2-3-19-7)6-16-20(17,18)11-5-9(15)4-10(13)12(11)14/h4-5,7-8,16H,2-3,6,15H2,1H3. The topological polar surface area (TPSA) is 81.4 Å². The predicted octanol–water partition coefficient (Wildman–Crippen LogP) is 1.25. The maximum absolute atomic E-state index is 13.6. The maximum Gasteiger partial charge on any atom is 0.243 e. The summed E-state index contributed by atoms with van der Waals surface area (Å²) < 4.78 is 58.4. The lowest BCUT2D eigenvalue weighted by atomic mass is 10.0. The van der Waals surface area contributed by atoms with Gasteiger partial charge in [0, 0.05) is 24.8 Å². The molecule has 1 fully saturated rings. The second-order valence-corrected chi connectivity index (χ2v) is 6.53. The molecule has 8 heteroatoms. The molecule has 20 heavy (non-hydrogen) atoms. The van der Waals surface area contributed by atoms with Crippen molar-refractivity contribution in [2.45, 2.75) is 24.3 Å². The molecule has 5 nitrogen and oxygen atoms in total. The van der Waals surface area contributed by atoms with E-state index in [9.17, 15) is 17.2 Å². The number of nitrogens with two attached hydrogens (primary N) is 1. The summed E-state index contributed by atoms with van der Waals surface area (Å²) in [6.45, 7) is 2.51. The zero-order valence-corrected chi connectivity index (χ0v) is 11.7. The first-order valence-electron chi connectivity index (χ1n) is 6.17. The Morgan fingerprint density at radius 2 is 2.15 bits per heavy atom. The molecule has 0 bridgehead atoms. The summed E-state index contributed by atoms with van der Waals surface area (Å²) in [5.41, 5.74) is 5.20. The van der Waals surface area contributed by atoms with Crippen LogP contribution < -0.4 is 10.5 Å². The van der Waals surface area contributed by atoms with Crippen LogP contribution in [0.5, 0.6) is 0 Å². The third-order valence-electron chi connectivity index (χ3n) is 3.38. The van der Waals surface area contributed by atoms with Gasteiger partial charge in [-0.25, -0.2) is 21.9 Å². The second kappa shape index (κ2) is 5.63. The van der Waals surface area contributed by atoms with Crippen LogP contribution in [0, 0.1) is 17.6 Å². The van der Waals surface area contributed by atoms with Gasteiger partial charge in [-0.05, 0) is 25.5 Å². The van der Waals surface area contributed by atoms with Crippen molar-refractivity contribution in [3.05, 3.63) is 23.8 Å². The van der Waals surface area contributed by atoms with Gasteiger partial charge in [0.25, 0.3) is 0 Å². The molecule has 2 unspecified atom stereocenters. The molecule has 0 spiro atoms. The molecule has 3 N–H and O–H groups in total. The smallest absolute Gasteiger partial charge is 0.243 e. The number of anilines is 1. The van der Waals surface area contributed by atoms with Crippen molar-refractivity contribution in [3.8, 4) is 0 Å². The van der Waals surface area contributed by atoms with E-state index in [-0.39, 0.29) is 24.3 Å². The zero-order valence-electron chi connectivity index (χ0n) is 10.9. The van der Waals surface area contributed by atoms with Gasteiger partial charge >= 0.3 is 0 Å². The van der Waals surface area contributed by atoms with Crippen molar-refractivity contribution in [1.82, 2.24) is 4.72 Å². The lowest BCUT2D eigenvalue weighted by molar-refractivity contribution is 0.107. The van der Waals surface area contributed by atoms with Gasteiger partial charge < -0.3 is 10.5 Å². The molecule has 0 aliphatic carbocycles. The number of hydrogen-bond acceptors (Lipinski definition) is 4. The summed E-state index contributed by atoms with van der Waals surface area (Å²) in [6, 6.07) is 1.64.